The van der Waals surface area contributed by atoms with Crippen molar-refractivity contribution in [2.45, 2.75) is 26.8 Å². The molecule has 2 aromatic carbocycles. The SMILES string of the molecule is COC(=O)c1ccc(C2NC(=S)NC(C)=C2C(=O)Nc2ccc(C)cc2C)cc1. The Kier molecular flexibility index (Phi) is 5.98. The number of carbonyl (C=O) groups is 2. The van der Waals surface area contributed by atoms with Crippen molar-refractivity contribution in [3.8, 4) is 0 Å². The zero-order valence-electron chi connectivity index (χ0n) is 16.8. The molecule has 1 atom stereocenters. The number of ether oxygens (including phenoxy) is 1. The number of aryl methyl sites for hydroxylation is 2. The topological polar surface area (TPSA) is 79.5 Å². The van der Waals surface area contributed by atoms with Crippen LogP contribution in [-0.4, -0.2) is 24.1 Å². The Labute approximate surface area is 175 Å². The molecule has 0 aliphatic carbocycles. The van der Waals surface area contributed by atoms with Crippen molar-refractivity contribution in [3.63, 3.8) is 0 Å². The van der Waals surface area contributed by atoms with Crippen LogP contribution in [0.4, 0.5) is 5.69 Å². The summed E-state index contributed by atoms with van der Waals surface area (Å²) in [5.74, 6) is -0.635. The molecule has 0 spiro atoms. The van der Waals surface area contributed by atoms with Crippen LogP contribution in [0.25, 0.3) is 0 Å². The molecule has 1 unspecified atom stereocenters. The molecule has 1 aliphatic heterocycles. The molecule has 1 aliphatic rings. The van der Waals surface area contributed by atoms with E-state index in [0.29, 0.717) is 21.9 Å². The number of allylic oxidation sites excluding steroid dienone is 1. The molecule has 3 rings (SSSR count). The molecule has 0 aromatic heterocycles. The molecule has 1 amide bonds. The summed E-state index contributed by atoms with van der Waals surface area (Å²) in [6.45, 7) is 5.79. The van der Waals surface area contributed by atoms with Gasteiger partial charge in [0.15, 0.2) is 5.11 Å². The average Bonchev–Trinajstić information content (AvgIpc) is 2.69. The van der Waals surface area contributed by atoms with Gasteiger partial charge in [0.25, 0.3) is 5.91 Å². The fraction of sp³-hybridized carbons (Fsp3) is 0.227. The Bertz CT molecular complexity index is 1010. The summed E-state index contributed by atoms with van der Waals surface area (Å²) in [4.78, 5) is 24.9. The van der Waals surface area contributed by atoms with Gasteiger partial charge in [-0.2, -0.15) is 0 Å². The van der Waals surface area contributed by atoms with Crippen LogP contribution in [0.2, 0.25) is 0 Å². The van der Waals surface area contributed by atoms with Crippen molar-refractivity contribution in [1.82, 2.24) is 10.6 Å². The van der Waals surface area contributed by atoms with E-state index in [2.05, 4.69) is 16.0 Å². The van der Waals surface area contributed by atoms with Crippen LogP contribution in [0.15, 0.2) is 53.7 Å². The normalized spacial score (nSPS) is 16.0. The smallest absolute Gasteiger partial charge is 0.337 e. The average molecular weight is 410 g/mol. The summed E-state index contributed by atoms with van der Waals surface area (Å²) in [7, 11) is 1.34. The van der Waals surface area contributed by atoms with E-state index in [4.69, 9.17) is 17.0 Å². The van der Waals surface area contributed by atoms with Gasteiger partial charge in [-0.25, -0.2) is 4.79 Å². The Morgan fingerprint density at radius 3 is 2.38 bits per heavy atom. The van der Waals surface area contributed by atoms with Crippen molar-refractivity contribution >= 4 is 34.9 Å². The zero-order valence-corrected chi connectivity index (χ0v) is 17.6. The van der Waals surface area contributed by atoms with Crippen LogP contribution in [-0.2, 0) is 9.53 Å². The van der Waals surface area contributed by atoms with Crippen molar-refractivity contribution in [2.24, 2.45) is 0 Å². The minimum atomic E-state index is -0.443. The summed E-state index contributed by atoms with van der Waals surface area (Å²) in [6.07, 6.45) is 0. The lowest BCUT2D eigenvalue weighted by molar-refractivity contribution is -0.113. The van der Waals surface area contributed by atoms with Crippen LogP contribution in [0, 0.1) is 13.8 Å². The van der Waals surface area contributed by atoms with Gasteiger partial charge in [0.1, 0.15) is 0 Å². The van der Waals surface area contributed by atoms with Gasteiger partial charge in [-0.15, -0.1) is 0 Å². The van der Waals surface area contributed by atoms with E-state index in [9.17, 15) is 9.59 Å². The minimum Gasteiger partial charge on any atom is -0.465 e. The van der Waals surface area contributed by atoms with Gasteiger partial charge in [0.05, 0.1) is 24.3 Å². The molecule has 2 aromatic rings. The third-order valence-electron chi connectivity index (χ3n) is 4.81. The van der Waals surface area contributed by atoms with Gasteiger partial charge < -0.3 is 20.7 Å². The van der Waals surface area contributed by atoms with E-state index in [0.717, 1.165) is 22.4 Å². The first-order valence-corrected chi connectivity index (χ1v) is 9.56. The predicted molar refractivity (Wildman–Crippen MR) is 117 cm³/mol. The summed E-state index contributed by atoms with van der Waals surface area (Å²) in [5, 5.41) is 9.61. The zero-order chi connectivity index (χ0) is 21.1. The van der Waals surface area contributed by atoms with Gasteiger partial charge in [-0.05, 0) is 62.3 Å². The van der Waals surface area contributed by atoms with Crippen LogP contribution in [0.3, 0.4) is 0 Å². The maximum Gasteiger partial charge on any atom is 0.337 e. The van der Waals surface area contributed by atoms with Gasteiger partial charge >= 0.3 is 5.97 Å². The second-order valence-electron chi connectivity index (χ2n) is 6.96. The lowest BCUT2D eigenvalue weighted by atomic mass is 9.94. The molecule has 0 fully saturated rings. The van der Waals surface area contributed by atoms with Gasteiger partial charge in [0, 0.05) is 11.4 Å². The molecular weight excluding hydrogens is 386 g/mol. The van der Waals surface area contributed by atoms with Crippen LogP contribution >= 0.6 is 12.2 Å². The third-order valence-corrected chi connectivity index (χ3v) is 5.03. The highest BCUT2D eigenvalue weighted by molar-refractivity contribution is 7.80. The highest BCUT2D eigenvalue weighted by Gasteiger charge is 2.30. The van der Waals surface area contributed by atoms with Crippen LogP contribution < -0.4 is 16.0 Å². The summed E-state index contributed by atoms with van der Waals surface area (Å²) in [6, 6.07) is 12.3. The Morgan fingerprint density at radius 2 is 1.76 bits per heavy atom. The van der Waals surface area contributed by atoms with E-state index in [1.807, 2.05) is 39.0 Å². The quantitative estimate of drug-likeness (QED) is 0.530. The lowest BCUT2D eigenvalue weighted by Crippen LogP contribution is -2.45. The predicted octanol–water partition coefficient (Wildman–Crippen LogP) is 3.52. The third kappa shape index (κ3) is 4.46. The number of hydrogen-bond acceptors (Lipinski definition) is 4. The standard InChI is InChI=1S/C22H23N3O3S/c1-12-5-10-17(13(2)11-12)24-20(26)18-14(3)23-22(29)25-19(18)15-6-8-16(9-7-15)21(27)28-4/h5-11,19H,1-4H3,(H,24,26)(H2,23,25,29). The summed E-state index contributed by atoms with van der Waals surface area (Å²) >= 11 is 5.29. The molecule has 7 heteroatoms. The number of anilines is 1. The number of nitrogens with one attached hydrogen (secondary N) is 3. The summed E-state index contributed by atoms with van der Waals surface area (Å²) < 4.78 is 4.74. The number of esters is 1. The number of carbonyl (C=O) groups excluding carboxylic acids is 2. The van der Waals surface area contributed by atoms with Crippen LogP contribution in [0.1, 0.15) is 40.0 Å². The molecule has 6 nitrogen and oxygen atoms in total. The number of rotatable bonds is 4. The highest BCUT2D eigenvalue weighted by Crippen LogP contribution is 2.28. The van der Waals surface area contributed by atoms with E-state index < -0.39 is 12.0 Å². The second kappa shape index (κ2) is 8.45. The molecule has 0 saturated carbocycles. The van der Waals surface area contributed by atoms with E-state index in [1.165, 1.54) is 7.11 Å². The van der Waals surface area contributed by atoms with E-state index in [1.54, 1.807) is 24.3 Å². The highest BCUT2D eigenvalue weighted by atomic mass is 32.1. The number of methoxy groups -OCH3 is 1. The molecule has 0 bridgehead atoms. The van der Waals surface area contributed by atoms with Crippen molar-refractivity contribution < 1.29 is 14.3 Å². The number of hydrogen-bond donors (Lipinski definition) is 3. The molecule has 3 N–H and O–H groups in total. The molecule has 29 heavy (non-hydrogen) atoms. The Hall–Kier alpha value is -3.19. The molecule has 150 valence electrons. The molecule has 1 heterocycles. The summed E-state index contributed by atoms with van der Waals surface area (Å²) in [5.41, 5.74) is 5.34. The first-order valence-electron chi connectivity index (χ1n) is 9.15. The maximum atomic E-state index is 13.2. The molecule has 0 radical (unpaired) electrons. The monoisotopic (exact) mass is 409 g/mol. The minimum absolute atomic E-state index is 0.223. The van der Waals surface area contributed by atoms with Gasteiger partial charge in [-0.1, -0.05) is 29.8 Å². The number of benzene rings is 2. The number of amides is 1. The van der Waals surface area contributed by atoms with Gasteiger partial charge in [-0.3, -0.25) is 4.79 Å². The Morgan fingerprint density at radius 1 is 1.07 bits per heavy atom. The first kappa shape index (κ1) is 20.5. The van der Waals surface area contributed by atoms with Crippen molar-refractivity contribution in [1.29, 1.82) is 0 Å². The van der Waals surface area contributed by atoms with Crippen LogP contribution in [0.5, 0.6) is 0 Å². The second-order valence-corrected chi connectivity index (χ2v) is 7.36. The fourth-order valence-corrected chi connectivity index (χ4v) is 3.59. The first-order chi connectivity index (χ1) is 13.8. The Balaban J connectivity index is 1.93. The van der Waals surface area contributed by atoms with Crippen molar-refractivity contribution in [3.05, 3.63) is 76.0 Å². The number of thiocarbonyl (C=S) groups is 1. The van der Waals surface area contributed by atoms with E-state index >= 15 is 0 Å². The van der Waals surface area contributed by atoms with Crippen molar-refractivity contribution in [2.75, 3.05) is 12.4 Å². The fourth-order valence-electron chi connectivity index (χ4n) is 3.32. The molecule has 0 saturated heterocycles. The molecular formula is C22H23N3O3S. The lowest BCUT2D eigenvalue weighted by Gasteiger charge is -2.30. The van der Waals surface area contributed by atoms with Gasteiger partial charge in [0.2, 0.25) is 0 Å². The largest absolute Gasteiger partial charge is 0.465 e. The van der Waals surface area contributed by atoms with E-state index in [-0.39, 0.29) is 5.91 Å². The maximum absolute atomic E-state index is 13.2.